The first-order chi connectivity index (χ1) is 15.1. The number of rotatable bonds is 7. The van der Waals surface area contributed by atoms with E-state index < -0.39 is 5.91 Å². The molecule has 1 saturated heterocycles. The molecular weight excluding hydrogens is 398 g/mol. The number of hydrogen-bond donors (Lipinski definition) is 2. The number of nitrogens with zero attached hydrogens (tertiary/aromatic N) is 3. The van der Waals surface area contributed by atoms with E-state index in [1.54, 1.807) is 55.9 Å². The summed E-state index contributed by atoms with van der Waals surface area (Å²) < 4.78 is 17.4. The number of primary amides is 1. The van der Waals surface area contributed by atoms with Gasteiger partial charge in [0.05, 0.1) is 7.11 Å². The van der Waals surface area contributed by atoms with Crippen molar-refractivity contribution in [3.05, 3.63) is 54.5 Å². The maximum Gasteiger partial charge on any atom is 0.271 e. The van der Waals surface area contributed by atoms with Crippen LogP contribution in [0, 0.1) is 0 Å². The van der Waals surface area contributed by atoms with E-state index in [1.807, 2.05) is 0 Å². The van der Waals surface area contributed by atoms with Gasteiger partial charge in [-0.15, -0.1) is 0 Å². The topological polar surface area (TPSA) is 121 Å². The van der Waals surface area contributed by atoms with Crippen molar-refractivity contribution in [3.63, 3.8) is 0 Å². The number of pyridine rings is 1. The van der Waals surface area contributed by atoms with Crippen molar-refractivity contribution in [3.8, 4) is 34.5 Å². The number of hydrogen-bond acceptors (Lipinski definition) is 8. The molecule has 0 spiro atoms. The second-order valence-electron chi connectivity index (χ2n) is 7.00. The lowest BCUT2D eigenvalue weighted by Gasteiger charge is -2.25. The average molecular weight is 421 g/mol. The standard InChI is InChI=1S/C22H23N5O4/c1-29-15-4-2-5-16(12-15)30-19-18(20(23)28)26-21(14-7-10-24-11-8-14)27-22(19)31-17-6-3-9-25-13-17/h2,4-5,7-8,10-12,17,25H,3,6,9,13H2,1H3,(H2,23,28). The van der Waals surface area contributed by atoms with Crippen molar-refractivity contribution in [1.82, 2.24) is 20.3 Å². The van der Waals surface area contributed by atoms with Gasteiger partial charge in [-0.2, -0.15) is 4.98 Å². The zero-order chi connectivity index (χ0) is 21.6. The molecule has 1 aliphatic rings. The molecule has 1 atom stereocenters. The van der Waals surface area contributed by atoms with E-state index in [1.165, 1.54) is 0 Å². The minimum Gasteiger partial charge on any atom is -0.497 e. The predicted octanol–water partition coefficient (Wildman–Crippen LogP) is 2.57. The zero-order valence-electron chi connectivity index (χ0n) is 17.1. The highest BCUT2D eigenvalue weighted by atomic mass is 16.5. The molecule has 4 rings (SSSR count). The number of amides is 1. The second kappa shape index (κ2) is 9.40. The molecule has 1 aromatic carbocycles. The van der Waals surface area contributed by atoms with Crippen molar-refractivity contribution < 1.29 is 19.0 Å². The van der Waals surface area contributed by atoms with Crippen LogP contribution in [0.3, 0.4) is 0 Å². The van der Waals surface area contributed by atoms with Crippen LogP contribution in [0.1, 0.15) is 23.3 Å². The maximum atomic E-state index is 12.3. The van der Waals surface area contributed by atoms with Gasteiger partial charge in [-0.1, -0.05) is 6.07 Å². The molecule has 3 aromatic rings. The predicted molar refractivity (Wildman–Crippen MR) is 113 cm³/mol. The van der Waals surface area contributed by atoms with Gasteiger partial charge in [-0.3, -0.25) is 9.78 Å². The molecule has 1 unspecified atom stereocenters. The Labute approximate surface area is 179 Å². The molecule has 9 heteroatoms. The molecule has 1 amide bonds. The SMILES string of the molecule is COc1cccc(Oc2c(OC3CCCNC3)nc(-c3ccncc3)nc2C(N)=O)c1. The first-order valence-corrected chi connectivity index (χ1v) is 9.95. The Morgan fingerprint density at radius 2 is 1.97 bits per heavy atom. The fraction of sp³-hybridized carbons (Fsp3) is 0.273. The van der Waals surface area contributed by atoms with E-state index in [9.17, 15) is 4.79 Å². The smallest absolute Gasteiger partial charge is 0.271 e. The zero-order valence-corrected chi connectivity index (χ0v) is 17.1. The Morgan fingerprint density at radius 3 is 2.68 bits per heavy atom. The van der Waals surface area contributed by atoms with Crippen LogP contribution in [0.2, 0.25) is 0 Å². The summed E-state index contributed by atoms with van der Waals surface area (Å²) in [6, 6.07) is 10.5. The molecule has 160 valence electrons. The third-order valence-electron chi connectivity index (χ3n) is 4.80. The fourth-order valence-electron chi connectivity index (χ4n) is 3.26. The molecular formula is C22H23N5O4. The minimum atomic E-state index is -0.748. The number of carbonyl (C=O) groups excluding carboxylic acids is 1. The van der Waals surface area contributed by atoms with E-state index in [0.717, 1.165) is 19.4 Å². The Morgan fingerprint density at radius 1 is 1.16 bits per heavy atom. The maximum absolute atomic E-state index is 12.3. The first kappa shape index (κ1) is 20.5. The van der Waals surface area contributed by atoms with Gasteiger partial charge < -0.3 is 25.3 Å². The van der Waals surface area contributed by atoms with Crippen molar-refractivity contribution in [1.29, 1.82) is 0 Å². The lowest BCUT2D eigenvalue weighted by atomic mass is 10.1. The number of benzene rings is 1. The van der Waals surface area contributed by atoms with E-state index >= 15 is 0 Å². The van der Waals surface area contributed by atoms with Crippen LogP contribution in [0.25, 0.3) is 11.4 Å². The molecule has 2 aromatic heterocycles. The first-order valence-electron chi connectivity index (χ1n) is 9.95. The van der Waals surface area contributed by atoms with Crippen LogP contribution in [-0.2, 0) is 0 Å². The van der Waals surface area contributed by atoms with E-state index in [2.05, 4.69) is 20.3 Å². The number of ether oxygens (including phenoxy) is 3. The minimum absolute atomic E-state index is 0.0663. The number of nitrogens with one attached hydrogen (secondary N) is 1. The quantitative estimate of drug-likeness (QED) is 0.597. The molecule has 0 bridgehead atoms. The summed E-state index contributed by atoms with van der Waals surface area (Å²) >= 11 is 0. The van der Waals surface area contributed by atoms with Gasteiger partial charge in [-0.25, -0.2) is 4.98 Å². The largest absolute Gasteiger partial charge is 0.497 e. The molecule has 9 nitrogen and oxygen atoms in total. The highest BCUT2D eigenvalue weighted by molar-refractivity contribution is 5.95. The van der Waals surface area contributed by atoms with Crippen molar-refractivity contribution in [2.75, 3.05) is 20.2 Å². The Bertz CT molecular complexity index is 1060. The summed E-state index contributed by atoms with van der Waals surface area (Å²) in [5.74, 6) is 0.826. The molecule has 0 saturated carbocycles. The van der Waals surface area contributed by atoms with Crippen molar-refractivity contribution in [2.45, 2.75) is 18.9 Å². The molecule has 3 N–H and O–H groups in total. The molecule has 0 aliphatic carbocycles. The van der Waals surface area contributed by atoms with Crippen LogP contribution in [0.5, 0.6) is 23.1 Å². The van der Waals surface area contributed by atoms with Gasteiger partial charge in [0.1, 0.15) is 17.6 Å². The Hall–Kier alpha value is -3.72. The van der Waals surface area contributed by atoms with Gasteiger partial charge in [0.15, 0.2) is 11.5 Å². The summed E-state index contributed by atoms with van der Waals surface area (Å²) in [7, 11) is 1.56. The van der Waals surface area contributed by atoms with Gasteiger partial charge in [0.2, 0.25) is 5.75 Å². The Balaban J connectivity index is 1.80. The van der Waals surface area contributed by atoms with Crippen molar-refractivity contribution in [2.24, 2.45) is 5.73 Å². The van der Waals surface area contributed by atoms with E-state index in [0.29, 0.717) is 29.4 Å². The molecule has 1 aliphatic heterocycles. The number of carbonyl (C=O) groups is 1. The summed E-state index contributed by atoms with van der Waals surface area (Å²) in [6.07, 6.45) is 4.94. The molecule has 1 fully saturated rings. The van der Waals surface area contributed by atoms with Gasteiger partial charge in [0.25, 0.3) is 11.8 Å². The number of aromatic nitrogens is 3. The number of methoxy groups -OCH3 is 1. The highest BCUT2D eigenvalue weighted by Crippen LogP contribution is 2.36. The van der Waals surface area contributed by atoms with Gasteiger partial charge in [-0.05, 0) is 43.7 Å². The summed E-state index contributed by atoms with van der Waals surface area (Å²) in [5.41, 5.74) is 6.27. The second-order valence-corrected chi connectivity index (χ2v) is 7.00. The molecule has 3 heterocycles. The van der Waals surface area contributed by atoms with E-state index in [4.69, 9.17) is 19.9 Å². The molecule has 0 radical (unpaired) electrons. The third-order valence-corrected chi connectivity index (χ3v) is 4.80. The fourth-order valence-corrected chi connectivity index (χ4v) is 3.26. The monoisotopic (exact) mass is 421 g/mol. The molecule has 31 heavy (non-hydrogen) atoms. The third kappa shape index (κ3) is 4.89. The van der Waals surface area contributed by atoms with Crippen LogP contribution in [0.4, 0.5) is 0 Å². The van der Waals surface area contributed by atoms with Crippen LogP contribution in [-0.4, -0.2) is 47.2 Å². The van der Waals surface area contributed by atoms with Gasteiger partial charge in [0, 0.05) is 30.6 Å². The summed E-state index contributed by atoms with van der Waals surface area (Å²) in [4.78, 5) is 25.3. The normalized spacial score (nSPS) is 15.8. The number of nitrogens with two attached hydrogens (primary N) is 1. The van der Waals surface area contributed by atoms with Crippen LogP contribution >= 0.6 is 0 Å². The van der Waals surface area contributed by atoms with E-state index in [-0.39, 0.29) is 23.4 Å². The lowest BCUT2D eigenvalue weighted by Crippen LogP contribution is -2.37. The Kier molecular flexibility index (Phi) is 6.23. The van der Waals surface area contributed by atoms with Crippen molar-refractivity contribution >= 4 is 5.91 Å². The summed E-state index contributed by atoms with van der Waals surface area (Å²) in [5, 5.41) is 3.30. The van der Waals surface area contributed by atoms with Gasteiger partial charge >= 0.3 is 0 Å². The van der Waals surface area contributed by atoms with Crippen LogP contribution in [0.15, 0.2) is 48.8 Å². The highest BCUT2D eigenvalue weighted by Gasteiger charge is 2.26. The summed E-state index contributed by atoms with van der Waals surface area (Å²) in [6.45, 7) is 1.60. The lowest BCUT2D eigenvalue weighted by molar-refractivity contribution is 0.0989. The van der Waals surface area contributed by atoms with Crippen LogP contribution < -0.4 is 25.3 Å². The number of piperidine rings is 1. The average Bonchev–Trinajstić information content (AvgIpc) is 2.81.